The van der Waals surface area contributed by atoms with Crippen LogP contribution in [-0.4, -0.2) is 56.2 Å². The Hall–Kier alpha value is -0.192. The predicted molar refractivity (Wildman–Crippen MR) is 185 cm³/mol. The molecule has 2 amide bonds. The van der Waals surface area contributed by atoms with Gasteiger partial charge in [0.15, 0.2) is 0 Å². The van der Waals surface area contributed by atoms with Gasteiger partial charge in [-0.2, -0.15) is 0 Å². The number of carbonyl (C=O) groups excluding carboxylic acids is 2. The Balaban J connectivity index is 1.61. The molecule has 3 fully saturated rings. The number of hydrogen-bond acceptors (Lipinski definition) is 2. The summed E-state index contributed by atoms with van der Waals surface area (Å²) in [6.45, 7) is 30.0. The lowest BCUT2D eigenvalue weighted by Gasteiger charge is -2.45. The molecule has 0 saturated heterocycles. The Morgan fingerprint density at radius 3 is 0.975 bits per heavy atom. The Bertz CT molecular complexity index is 769. The molecule has 4 nitrogen and oxygen atoms in total. The molecule has 232 valence electrons. The van der Waals surface area contributed by atoms with Gasteiger partial charge in [0, 0.05) is 56.2 Å². The molecule has 0 aromatic carbocycles. The Kier molecular flexibility index (Phi) is 11.0. The quantitative estimate of drug-likeness (QED) is 0.266. The molecule has 0 aromatic heterocycles. The first-order valence-corrected chi connectivity index (χ1v) is 31.1. The molecule has 40 heavy (non-hydrogen) atoms. The molecule has 3 aliphatic rings. The van der Waals surface area contributed by atoms with Crippen LogP contribution in [0, 0.1) is 11.8 Å². The van der Waals surface area contributed by atoms with Gasteiger partial charge in [-0.05, 0) is 73.5 Å². The van der Waals surface area contributed by atoms with Crippen LogP contribution >= 0.6 is 0 Å². The van der Waals surface area contributed by atoms with Crippen molar-refractivity contribution in [2.45, 2.75) is 177 Å². The number of hydrogen-bond donors (Lipinski definition) is 2. The number of rotatable bonds is 8. The predicted octanol–water partition coefficient (Wildman–Crippen LogP) is 8.96. The topological polar surface area (TPSA) is 58.2 Å². The van der Waals surface area contributed by atoms with Crippen molar-refractivity contribution in [1.82, 2.24) is 10.6 Å². The Morgan fingerprint density at radius 2 is 0.725 bits per heavy atom. The first-order valence-electron chi connectivity index (χ1n) is 16.7. The molecule has 8 heteroatoms. The molecule has 6 unspecified atom stereocenters. The second-order valence-corrected chi connectivity index (χ2v) is 40.8. The lowest BCUT2D eigenvalue weighted by atomic mass is 9.85. The van der Waals surface area contributed by atoms with E-state index >= 15 is 0 Å². The van der Waals surface area contributed by atoms with Gasteiger partial charge in [0.25, 0.3) is 0 Å². The van der Waals surface area contributed by atoms with Crippen molar-refractivity contribution in [3.63, 3.8) is 0 Å². The van der Waals surface area contributed by atoms with Crippen molar-refractivity contribution in [2.75, 3.05) is 0 Å². The zero-order valence-electron chi connectivity index (χ0n) is 28.5. The van der Waals surface area contributed by atoms with E-state index in [0.29, 0.717) is 11.8 Å². The normalized spacial score (nSPS) is 34.7. The largest absolute Gasteiger partial charge is 0.353 e. The lowest BCUT2D eigenvalue weighted by Crippen LogP contribution is -2.50. The summed E-state index contributed by atoms with van der Waals surface area (Å²) in [5.41, 5.74) is 3.01. The summed E-state index contributed by atoms with van der Waals surface area (Å²) in [4.78, 5) is 27.4. The van der Waals surface area contributed by atoms with Crippen LogP contribution in [0.1, 0.15) is 64.2 Å². The standard InChI is InChI=1S/C32H66N2O2Si4/c1-37(2,3)27-16-23(17-28(21-27)38(4,5)6)31(35)33-25-14-13-15-26(20-25)34-32(36)24-18-29(39(7,8)9)22-30(19-24)40(10,11)12/h23-30H,13-22H2,1-12H3,(H,33,35)(H,34,36). The van der Waals surface area contributed by atoms with Gasteiger partial charge in [0.2, 0.25) is 11.8 Å². The summed E-state index contributed by atoms with van der Waals surface area (Å²) in [5, 5.41) is 7.04. The summed E-state index contributed by atoms with van der Waals surface area (Å²) in [5.74, 6) is 0.977. The van der Waals surface area contributed by atoms with Gasteiger partial charge in [-0.1, -0.05) is 91.4 Å². The fourth-order valence-electron chi connectivity index (χ4n) is 7.98. The maximum Gasteiger partial charge on any atom is 0.223 e. The van der Waals surface area contributed by atoms with Gasteiger partial charge in [0.1, 0.15) is 0 Å². The monoisotopic (exact) mass is 622 g/mol. The van der Waals surface area contributed by atoms with Crippen molar-refractivity contribution < 1.29 is 9.59 Å². The minimum atomic E-state index is -1.30. The van der Waals surface area contributed by atoms with Crippen LogP contribution in [-0.2, 0) is 9.59 Å². The SMILES string of the molecule is C[Si](C)(C)C1CC(C(=O)NC2CCCC(NC(=O)C3CC([Si](C)(C)C)CC([Si](C)(C)C)C3)C2)CC([Si](C)(C)C)C1. The molecule has 3 rings (SSSR count). The molecule has 0 spiro atoms. The van der Waals surface area contributed by atoms with Crippen LogP contribution in [0.25, 0.3) is 0 Å². The van der Waals surface area contributed by atoms with Gasteiger partial charge >= 0.3 is 0 Å². The first kappa shape index (κ1) is 34.3. The summed E-state index contributed by atoms with van der Waals surface area (Å²) in [6, 6.07) is 0.417. The summed E-state index contributed by atoms with van der Waals surface area (Å²) in [7, 11) is -5.19. The van der Waals surface area contributed by atoms with Crippen LogP contribution in [0.15, 0.2) is 0 Å². The number of amides is 2. The molecule has 0 heterocycles. The number of nitrogens with one attached hydrogen (secondary N) is 2. The minimum Gasteiger partial charge on any atom is -0.353 e. The van der Waals surface area contributed by atoms with Crippen LogP contribution in [0.3, 0.4) is 0 Å². The molecular weight excluding hydrogens is 557 g/mol. The fraction of sp³-hybridized carbons (Fsp3) is 0.938. The molecule has 2 N–H and O–H groups in total. The number of carbonyl (C=O) groups is 2. The van der Waals surface area contributed by atoms with E-state index < -0.39 is 32.3 Å². The van der Waals surface area contributed by atoms with E-state index in [1.54, 1.807) is 0 Å². The van der Waals surface area contributed by atoms with Crippen LogP contribution < -0.4 is 10.6 Å². The maximum atomic E-state index is 13.7. The lowest BCUT2D eigenvalue weighted by molar-refractivity contribution is -0.127. The third kappa shape index (κ3) is 9.40. The zero-order chi connectivity index (χ0) is 30.3. The van der Waals surface area contributed by atoms with Gasteiger partial charge in [-0.3, -0.25) is 9.59 Å². The van der Waals surface area contributed by atoms with Crippen LogP contribution in [0.5, 0.6) is 0 Å². The van der Waals surface area contributed by atoms with Crippen LogP contribution in [0.2, 0.25) is 101 Å². The van der Waals surface area contributed by atoms with E-state index in [1.807, 2.05) is 0 Å². The first-order chi connectivity index (χ1) is 18.1. The molecule has 6 atom stereocenters. The van der Waals surface area contributed by atoms with E-state index in [9.17, 15) is 9.59 Å². The highest BCUT2D eigenvalue weighted by Gasteiger charge is 2.45. The maximum absolute atomic E-state index is 13.7. The Morgan fingerprint density at radius 1 is 0.450 bits per heavy atom. The molecule has 0 aliphatic heterocycles. The van der Waals surface area contributed by atoms with Gasteiger partial charge in [-0.15, -0.1) is 0 Å². The van der Waals surface area contributed by atoms with Crippen molar-refractivity contribution in [3.8, 4) is 0 Å². The molecule has 0 radical (unpaired) electrons. The highest BCUT2D eigenvalue weighted by Crippen LogP contribution is 2.50. The molecule has 0 aromatic rings. The third-order valence-corrected chi connectivity index (χ3v) is 23.1. The zero-order valence-corrected chi connectivity index (χ0v) is 32.5. The highest BCUT2D eigenvalue weighted by molar-refractivity contribution is 6.80. The Labute approximate surface area is 252 Å². The summed E-state index contributed by atoms with van der Waals surface area (Å²) < 4.78 is 0. The van der Waals surface area contributed by atoms with Crippen molar-refractivity contribution in [1.29, 1.82) is 0 Å². The van der Waals surface area contributed by atoms with Crippen molar-refractivity contribution in [3.05, 3.63) is 0 Å². The molecule has 3 saturated carbocycles. The summed E-state index contributed by atoms with van der Waals surface area (Å²) in [6.07, 6.45) is 11.2. The van der Waals surface area contributed by atoms with E-state index in [1.165, 1.54) is 12.8 Å². The fourth-order valence-corrected chi connectivity index (χ4v) is 16.4. The summed E-state index contributed by atoms with van der Waals surface area (Å²) >= 11 is 0. The van der Waals surface area contributed by atoms with E-state index in [2.05, 4.69) is 89.2 Å². The van der Waals surface area contributed by atoms with E-state index in [0.717, 1.165) is 73.5 Å². The van der Waals surface area contributed by atoms with E-state index in [-0.39, 0.29) is 23.9 Å². The minimum absolute atomic E-state index is 0.177. The average molecular weight is 623 g/mol. The van der Waals surface area contributed by atoms with Gasteiger partial charge < -0.3 is 10.6 Å². The molecular formula is C32H66N2O2Si4. The van der Waals surface area contributed by atoms with Gasteiger partial charge in [-0.25, -0.2) is 0 Å². The molecule has 3 aliphatic carbocycles. The highest BCUT2D eigenvalue weighted by atomic mass is 28.3. The van der Waals surface area contributed by atoms with Crippen molar-refractivity contribution in [2.24, 2.45) is 11.8 Å². The average Bonchev–Trinajstić information content (AvgIpc) is 2.81. The van der Waals surface area contributed by atoms with E-state index in [4.69, 9.17) is 0 Å². The second-order valence-electron chi connectivity index (χ2n) is 18.6. The van der Waals surface area contributed by atoms with Crippen LogP contribution in [0.4, 0.5) is 0 Å². The smallest absolute Gasteiger partial charge is 0.223 e. The molecule has 0 bridgehead atoms. The van der Waals surface area contributed by atoms with Gasteiger partial charge in [0.05, 0.1) is 0 Å². The third-order valence-electron chi connectivity index (χ3n) is 11.4. The second kappa shape index (κ2) is 12.8. The van der Waals surface area contributed by atoms with Crippen molar-refractivity contribution >= 4 is 44.1 Å².